The molecule has 0 aliphatic carbocycles. The van der Waals surface area contributed by atoms with Gasteiger partial charge in [-0.25, -0.2) is 25.9 Å². The number of benzene rings is 2. The maximum absolute atomic E-state index is 12.5. The molecule has 29 heavy (non-hydrogen) atoms. The molecule has 1 N–H and O–H groups in total. The number of nitrogens with one attached hydrogen (secondary N) is 1. The molecule has 2 atom stereocenters. The lowest BCUT2D eigenvalue weighted by atomic mass is 9.87. The van der Waals surface area contributed by atoms with E-state index in [1.807, 2.05) is 54.6 Å². The van der Waals surface area contributed by atoms with Crippen LogP contribution in [0.2, 0.25) is 0 Å². The first kappa shape index (κ1) is 22.0. The molecule has 0 spiro atoms. The molecule has 3 rings (SSSR count). The summed E-state index contributed by atoms with van der Waals surface area (Å²) in [6.07, 6.45) is 1.63. The van der Waals surface area contributed by atoms with Gasteiger partial charge in [-0.15, -0.1) is 0 Å². The van der Waals surface area contributed by atoms with Crippen LogP contribution < -0.4 is 4.72 Å². The summed E-state index contributed by atoms with van der Waals surface area (Å²) in [5.41, 5.74) is 3.08. The topological polar surface area (TPSA) is 83.6 Å². The van der Waals surface area contributed by atoms with Crippen LogP contribution in [-0.2, 0) is 20.0 Å². The van der Waals surface area contributed by atoms with E-state index in [1.54, 1.807) is 13.8 Å². The minimum Gasteiger partial charge on any atom is -0.213 e. The van der Waals surface area contributed by atoms with Crippen LogP contribution in [0.15, 0.2) is 54.6 Å². The minimum absolute atomic E-state index is 0.253. The molecule has 0 radical (unpaired) electrons. The van der Waals surface area contributed by atoms with Gasteiger partial charge in [0, 0.05) is 25.0 Å². The monoisotopic (exact) mass is 436 g/mol. The average molecular weight is 437 g/mol. The lowest BCUT2D eigenvalue weighted by Gasteiger charge is -2.38. The standard InChI is InChI=1S/C21H28N2O4S2/c1-16(2)29(26,27)22-21-13-14-23(28(3,24)25)15-20(21)19-11-9-18(10-12-19)17-7-5-4-6-8-17/h4-12,16,20-22H,13-15H2,1-3H3/t20-,21+/m1/s1. The SMILES string of the molecule is CC(C)S(=O)(=O)N[C@H]1CCN(S(C)(=O)=O)C[C@@H]1c1ccc(-c2ccccc2)cc1. The summed E-state index contributed by atoms with van der Waals surface area (Å²) in [5, 5.41) is -0.545. The predicted octanol–water partition coefficient (Wildman–Crippen LogP) is 2.80. The fourth-order valence-electron chi connectivity index (χ4n) is 3.60. The second-order valence-corrected chi connectivity index (χ2v) is 12.1. The van der Waals surface area contributed by atoms with E-state index < -0.39 is 25.3 Å². The maximum atomic E-state index is 12.5. The molecule has 8 heteroatoms. The Balaban J connectivity index is 1.91. The van der Waals surface area contributed by atoms with Crippen LogP contribution >= 0.6 is 0 Å². The highest BCUT2D eigenvalue weighted by Gasteiger charge is 2.36. The van der Waals surface area contributed by atoms with Gasteiger partial charge in [-0.1, -0.05) is 54.6 Å². The molecule has 158 valence electrons. The van der Waals surface area contributed by atoms with Gasteiger partial charge in [0.2, 0.25) is 20.0 Å². The Kier molecular flexibility index (Phi) is 6.48. The fraction of sp³-hybridized carbons (Fsp3) is 0.429. The molecule has 2 aromatic rings. The molecule has 0 bridgehead atoms. The first-order valence-electron chi connectivity index (χ1n) is 9.69. The number of hydrogen-bond acceptors (Lipinski definition) is 4. The van der Waals surface area contributed by atoms with E-state index in [2.05, 4.69) is 4.72 Å². The Morgan fingerprint density at radius 2 is 1.52 bits per heavy atom. The molecule has 1 heterocycles. The van der Waals surface area contributed by atoms with Gasteiger partial charge in [-0.05, 0) is 37.0 Å². The average Bonchev–Trinajstić information content (AvgIpc) is 2.68. The van der Waals surface area contributed by atoms with Crippen molar-refractivity contribution in [3.63, 3.8) is 0 Å². The Hall–Kier alpha value is -1.74. The molecule has 6 nitrogen and oxygen atoms in total. The quantitative estimate of drug-likeness (QED) is 0.755. The number of sulfonamides is 2. The summed E-state index contributed by atoms with van der Waals surface area (Å²) in [7, 11) is -6.81. The number of piperidine rings is 1. The summed E-state index contributed by atoms with van der Waals surface area (Å²) in [6.45, 7) is 3.84. The van der Waals surface area contributed by atoms with Crippen molar-refractivity contribution < 1.29 is 16.8 Å². The van der Waals surface area contributed by atoms with Crippen molar-refractivity contribution in [1.29, 1.82) is 0 Å². The summed E-state index contributed by atoms with van der Waals surface area (Å²) in [6, 6.07) is 17.6. The van der Waals surface area contributed by atoms with E-state index in [0.717, 1.165) is 16.7 Å². The molecular formula is C21H28N2O4S2. The molecule has 1 aliphatic rings. The van der Waals surface area contributed by atoms with Gasteiger partial charge >= 0.3 is 0 Å². The zero-order chi connectivity index (χ0) is 21.2. The van der Waals surface area contributed by atoms with Crippen LogP contribution in [0.3, 0.4) is 0 Å². The first-order valence-corrected chi connectivity index (χ1v) is 13.1. The smallest absolute Gasteiger partial charge is 0.213 e. The third-order valence-corrected chi connectivity index (χ3v) is 8.57. The first-order chi connectivity index (χ1) is 13.6. The van der Waals surface area contributed by atoms with Crippen LogP contribution in [0.25, 0.3) is 11.1 Å². The molecule has 0 aromatic heterocycles. The van der Waals surface area contributed by atoms with E-state index >= 15 is 0 Å². The number of rotatable bonds is 6. The van der Waals surface area contributed by atoms with Gasteiger partial charge in [0.05, 0.1) is 11.5 Å². The third kappa shape index (κ3) is 5.25. The van der Waals surface area contributed by atoms with Crippen molar-refractivity contribution in [1.82, 2.24) is 9.03 Å². The highest BCUT2D eigenvalue weighted by Crippen LogP contribution is 2.31. The van der Waals surface area contributed by atoms with E-state index in [1.165, 1.54) is 10.6 Å². The fourth-order valence-corrected chi connectivity index (χ4v) is 5.45. The molecule has 2 aromatic carbocycles. The summed E-state index contributed by atoms with van der Waals surface area (Å²) in [5.74, 6) is -0.253. The van der Waals surface area contributed by atoms with Crippen molar-refractivity contribution in [3.05, 3.63) is 60.2 Å². The molecule has 1 saturated heterocycles. The largest absolute Gasteiger partial charge is 0.214 e. The van der Waals surface area contributed by atoms with E-state index in [0.29, 0.717) is 13.0 Å². The van der Waals surface area contributed by atoms with Crippen LogP contribution in [0.5, 0.6) is 0 Å². The van der Waals surface area contributed by atoms with Gasteiger partial charge in [0.25, 0.3) is 0 Å². The van der Waals surface area contributed by atoms with Crippen molar-refractivity contribution in [2.75, 3.05) is 19.3 Å². The van der Waals surface area contributed by atoms with E-state index in [-0.39, 0.29) is 18.5 Å². The molecule has 1 aliphatic heterocycles. The van der Waals surface area contributed by atoms with E-state index in [4.69, 9.17) is 0 Å². The van der Waals surface area contributed by atoms with Crippen LogP contribution in [0, 0.1) is 0 Å². The lowest BCUT2D eigenvalue weighted by Crippen LogP contribution is -2.52. The Morgan fingerprint density at radius 1 is 0.931 bits per heavy atom. The minimum atomic E-state index is -3.46. The number of hydrogen-bond donors (Lipinski definition) is 1. The van der Waals surface area contributed by atoms with Gasteiger partial charge in [-0.3, -0.25) is 0 Å². The van der Waals surface area contributed by atoms with Gasteiger partial charge in [0.15, 0.2) is 0 Å². The van der Waals surface area contributed by atoms with Crippen LogP contribution in [-0.4, -0.2) is 51.8 Å². The zero-order valence-electron chi connectivity index (χ0n) is 16.9. The Morgan fingerprint density at radius 3 is 2.07 bits per heavy atom. The van der Waals surface area contributed by atoms with Gasteiger partial charge in [-0.2, -0.15) is 0 Å². The highest BCUT2D eigenvalue weighted by molar-refractivity contribution is 7.90. The molecular weight excluding hydrogens is 408 g/mol. The Labute approximate surface area is 174 Å². The number of nitrogens with zero attached hydrogens (tertiary/aromatic N) is 1. The molecule has 0 amide bonds. The van der Waals surface area contributed by atoms with Crippen molar-refractivity contribution in [2.45, 2.75) is 37.5 Å². The second kappa shape index (κ2) is 8.55. The van der Waals surface area contributed by atoms with E-state index in [9.17, 15) is 16.8 Å². The summed E-state index contributed by atoms with van der Waals surface area (Å²) in [4.78, 5) is 0. The van der Waals surface area contributed by atoms with Crippen molar-refractivity contribution in [2.24, 2.45) is 0 Å². The summed E-state index contributed by atoms with van der Waals surface area (Å²) < 4.78 is 53.3. The second-order valence-electron chi connectivity index (χ2n) is 7.82. The molecule has 0 unspecified atom stereocenters. The lowest BCUT2D eigenvalue weighted by molar-refractivity contribution is 0.276. The normalized spacial score (nSPS) is 21.4. The summed E-state index contributed by atoms with van der Waals surface area (Å²) >= 11 is 0. The van der Waals surface area contributed by atoms with Gasteiger partial charge < -0.3 is 0 Å². The third-order valence-electron chi connectivity index (χ3n) is 5.43. The highest BCUT2D eigenvalue weighted by atomic mass is 32.2. The van der Waals surface area contributed by atoms with Crippen molar-refractivity contribution >= 4 is 20.0 Å². The maximum Gasteiger partial charge on any atom is 0.214 e. The van der Waals surface area contributed by atoms with Gasteiger partial charge in [0.1, 0.15) is 0 Å². The zero-order valence-corrected chi connectivity index (χ0v) is 18.6. The Bertz CT molecular complexity index is 1030. The predicted molar refractivity (Wildman–Crippen MR) is 117 cm³/mol. The van der Waals surface area contributed by atoms with Crippen molar-refractivity contribution in [3.8, 4) is 11.1 Å². The molecule has 1 fully saturated rings. The molecule has 0 saturated carbocycles. The van der Waals surface area contributed by atoms with Crippen LogP contribution in [0.1, 0.15) is 31.7 Å². The van der Waals surface area contributed by atoms with Crippen LogP contribution in [0.4, 0.5) is 0 Å².